The van der Waals surface area contributed by atoms with Crippen molar-refractivity contribution in [2.24, 2.45) is 0 Å². The molecule has 0 atom stereocenters. The molecule has 4 heteroatoms. The van der Waals surface area contributed by atoms with E-state index in [1.807, 2.05) is 36.4 Å². The van der Waals surface area contributed by atoms with Crippen molar-refractivity contribution in [3.8, 4) is 0 Å². The lowest BCUT2D eigenvalue weighted by atomic mass is 10.0. The zero-order chi connectivity index (χ0) is 13.0. The molecule has 92 valence electrons. The minimum absolute atomic E-state index is 0.189. The maximum Gasteiger partial charge on any atom is 0.272 e. The van der Waals surface area contributed by atoms with Crippen LogP contribution in [0.5, 0.6) is 0 Å². The van der Waals surface area contributed by atoms with Crippen LogP contribution in [0.1, 0.15) is 11.1 Å². The molecule has 2 aromatic carbocycles. The van der Waals surface area contributed by atoms with E-state index >= 15 is 0 Å². The van der Waals surface area contributed by atoms with E-state index in [-0.39, 0.29) is 10.6 Å². The van der Waals surface area contributed by atoms with E-state index in [4.69, 9.17) is 0 Å². The summed E-state index contributed by atoms with van der Waals surface area (Å²) in [6.07, 6.45) is 1.47. The first-order valence-electron chi connectivity index (χ1n) is 5.63. The van der Waals surface area contributed by atoms with Crippen LogP contribution in [0.2, 0.25) is 0 Å². The van der Waals surface area contributed by atoms with E-state index in [9.17, 15) is 10.1 Å². The maximum atomic E-state index is 10.9. The van der Waals surface area contributed by atoms with Crippen LogP contribution in [0.3, 0.4) is 0 Å². The summed E-state index contributed by atoms with van der Waals surface area (Å²) >= 11 is 3.35. The third-order valence-electron chi connectivity index (χ3n) is 2.76. The zero-order valence-corrected chi connectivity index (χ0v) is 11.3. The molecule has 0 heterocycles. The molecular weight excluding hydrogens is 294 g/mol. The summed E-state index contributed by atoms with van der Waals surface area (Å²) in [7, 11) is 0. The van der Waals surface area contributed by atoms with Crippen LogP contribution in [-0.4, -0.2) is 4.92 Å². The molecule has 0 amide bonds. The Morgan fingerprint density at radius 1 is 1.06 bits per heavy atom. The Hall–Kier alpha value is -1.68. The Morgan fingerprint density at radius 3 is 2.44 bits per heavy atom. The SMILES string of the molecule is O=[N+]([O-])c1ccc(Br)cc1CCc1ccccc1. The Labute approximate surface area is 114 Å². The van der Waals surface area contributed by atoms with E-state index in [1.165, 1.54) is 5.56 Å². The van der Waals surface area contributed by atoms with Crippen molar-refractivity contribution in [1.82, 2.24) is 0 Å². The van der Waals surface area contributed by atoms with Gasteiger partial charge in [-0.05, 0) is 30.5 Å². The van der Waals surface area contributed by atoms with Crippen LogP contribution in [0.15, 0.2) is 53.0 Å². The van der Waals surface area contributed by atoms with Gasteiger partial charge in [-0.3, -0.25) is 10.1 Å². The summed E-state index contributed by atoms with van der Waals surface area (Å²) in [4.78, 5) is 10.6. The van der Waals surface area contributed by atoms with Crippen LogP contribution in [0.25, 0.3) is 0 Å². The van der Waals surface area contributed by atoms with Gasteiger partial charge in [-0.1, -0.05) is 46.3 Å². The van der Waals surface area contributed by atoms with E-state index in [0.29, 0.717) is 6.42 Å². The van der Waals surface area contributed by atoms with E-state index in [1.54, 1.807) is 12.1 Å². The van der Waals surface area contributed by atoms with Crippen molar-refractivity contribution >= 4 is 21.6 Å². The lowest BCUT2D eigenvalue weighted by molar-refractivity contribution is -0.385. The average molecular weight is 306 g/mol. The summed E-state index contributed by atoms with van der Waals surface area (Å²) in [6.45, 7) is 0. The highest BCUT2D eigenvalue weighted by molar-refractivity contribution is 9.10. The molecular formula is C14H12BrNO2. The second-order valence-electron chi connectivity index (χ2n) is 4.02. The quantitative estimate of drug-likeness (QED) is 0.629. The Balaban J connectivity index is 2.18. The Morgan fingerprint density at radius 2 is 1.78 bits per heavy atom. The van der Waals surface area contributed by atoms with Crippen molar-refractivity contribution in [1.29, 1.82) is 0 Å². The number of halogens is 1. The minimum Gasteiger partial charge on any atom is -0.258 e. The second-order valence-corrected chi connectivity index (χ2v) is 4.93. The van der Waals surface area contributed by atoms with Crippen LogP contribution < -0.4 is 0 Å². The molecule has 0 saturated heterocycles. The van der Waals surface area contributed by atoms with Gasteiger partial charge in [-0.2, -0.15) is 0 Å². The third-order valence-corrected chi connectivity index (χ3v) is 3.26. The van der Waals surface area contributed by atoms with Gasteiger partial charge in [0.1, 0.15) is 0 Å². The Kier molecular flexibility index (Phi) is 4.10. The van der Waals surface area contributed by atoms with Gasteiger partial charge in [-0.25, -0.2) is 0 Å². The predicted molar refractivity (Wildman–Crippen MR) is 74.6 cm³/mol. The number of benzene rings is 2. The predicted octanol–water partition coefficient (Wildman–Crippen LogP) is 4.14. The highest BCUT2D eigenvalue weighted by Gasteiger charge is 2.13. The molecule has 18 heavy (non-hydrogen) atoms. The van der Waals surface area contributed by atoms with Gasteiger partial charge in [0, 0.05) is 16.1 Å². The number of aryl methyl sites for hydroxylation is 2. The summed E-state index contributed by atoms with van der Waals surface area (Å²) in [6, 6.07) is 15.0. The third kappa shape index (κ3) is 3.17. The molecule has 0 aliphatic rings. The molecule has 0 aliphatic carbocycles. The smallest absolute Gasteiger partial charge is 0.258 e. The molecule has 0 N–H and O–H groups in total. The fourth-order valence-electron chi connectivity index (χ4n) is 1.86. The molecule has 0 fully saturated rings. The molecule has 0 saturated carbocycles. The van der Waals surface area contributed by atoms with Gasteiger partial charge in [0.2, 0.25) is 0 Å². The van der Waals surface area contributed by atoms with E-state index < -0.39 is 0 Å². The second kappa shape index (κ2) is 5.78. The standard InChI is InChI=1S/C14H12BrNO2/c15-13-8-9-14(16(17)18)12(10-13)7-6-11-4-2-1-3-5-11/h1-5,8-10H,6-7H2. The largest absolute Gasteiger partial charge is 0.272 e. The molecule has 0 bridgehead atoms. The first-order chi connectivity index (χ1) is 8.66. The molecule has 0 aliphatic heterocycles. The van der Waals surface area contributed by atoms with Gasteiger partial charge < -0.3 is 0 Å². The average Bonchev–Trinajstić information content (AvgIpc) is 2.37. The number of nitrogens with zero attached hydrogens (tertiary/aromatic N) is 1. The van der Waals surface area contributed by atoms with Crippen molar-refractivity contribution in [3.05, 3.63) is 74.2 Å². The summed E-state index contributed by atoms with van der Waals surface area (Å²) in [5, 5.41) is 10.9. The van der Waals surface area contributed by atoms with Crippen LogP contribution in [-0.2, 0) is 12.8 Å². The fraction of sp³-hybridized carbons (Fsp3) is 0.143. The fourth-order valence-corrected chi connectivity index (χ4v) is 2.26. The van der Waals surface area contributed by atoms with Gasteiger partial charge in [-0.15, -0.1) is 0 Å². The number of hydrogen-bond acceptors (Lipinski definition) is 2. The van der Waals surface area contributed by atoms with E-state index in [0.717, 1.165) is 16.5 Å². The zero-order valence-electron chi connectivity index (χ0n) is 9.67. The van der Waals surface area contributed by atoms with Gasteiger partial charge in [0.05, 0.1) is 4.92 Å². The van der Waals surface area contributed by atoms with Crippen LogP contribution in [0.4, 0.5) is 5.69 Å². The minimum atomic E-state index is -0.327. The topological polar surface area (TPSA) is 43.1 Å². The number of nitro benzene ring substituents is 1. The number of nitro groups is 1. The molecule has 0 spiro atoms. The summed E-state index contributed by atoms with van der Waals surface area (Å²) < 4.78 is 0.871. The van der Waals surface area contributed by atoms with Gasteiger partial charge in [0.25, 0.3) is 5.69 Å². The van der Waals surface area contributed by atoms with Crippen molar-refractivity contribution in [3.63, 3.8) is 0 Å². The molecule has 2 aromatic rings. The first kappa shape index (κ1) is 12.8. The summed E-state index contributed by atoms with van der Waals surface area (Å²) in [5.74, 6) is 0. The highest BCUT2D eigenvalue weighted by Crippen LogP contribution is 2.24. The lowest BCUT2D eigenvalue weighted by Crippen LogP contribution is -1.98. The molecule has 2 rings (SSSR count). The maximum absolute atomic E-state index is 10.9. The normalized spacial score (nSPS) is 10.3. The van der Waals surface area contributed by atoms with Crippen LogP contribution >= 0.6 is 15.9 Å². The highest BCUT2D eigenvalue weighted by atomic mass is 79.9. The molecule has 0 aromatic heterocycles. The number of hydrogen-bond donors (Lipinski definition) is 0. The monoisotopic (exact) mass is 305 g/mol. The van der Waals surface area contributed by atoms with Crippen molar-refractivity contribution < 1.29 is 4.92 Å². The number of rotatable bonds is 4. The van der Waals surface area contributed by atoms with E-state index in [2.05, 4.69) is 15.9 Å². The van der Waals surface area contributed by atoms with Crippen LogP contribution in [0, 0.1) is 10.1 Å². The Bertz CT molecular complexity index is 555. The van der Waals surface area contributed by atoms with Crippen molar-refractivity contribution in [2.75, 3.05) is 0 Å². The molecule has 0 unspecified atom stereocenters. The molecule has 0 radical (unpaired) electrons. The summed E-state index contributed by atoms with van der Waals surface area (Å²) in [5.41, 5.74) is 2.14. The first-order valence-corrected chi connectivity index (χ1v) is 6.43. The van der Waals surface area contributed by atoms with Gasteiger partial charge in [0.15, 0.2) is 0 Å². The lowest BCUT2D eigenvalue weighted by Gasteiger charge is -2.04. The molecule has 3 nitrogen and oxygen atoms in total. The van der Waals surface area contributed by atoms with Gasteiger partial charge >= 0.3 is 0 Å². The van der Waals surface area contributed by atoms with Crippen molar-refractivity contribution in [2.45, 2.75) is 12.8 Å².